The first kappa shape index (κ1) is 16.3. The number of hydrogen-bond acceptors (Lipinski definition) is 3. The third-order valence-electron chi connectivity index (χ3n) is 2.20. The Morgan fingerprint density at radius 1 is 1.21 bits per heavy atom. The summed E-state index contributed by atoms with van der Waals surface area (Å²) in [6, 6.07) is 5.37. The van der Waals surface area contributed by atoms with E-state index in [0.717, 1.165) is 10.0 Å². The van der Waals surface area contributed by atoms with Gasteiger partial charge in [-0.3, -0.25) is 0 Å². The summed E-state index contributed by atoms with van der Waals surface area (Å²) in [5.41, 5.74) is 6.45. The number of hydrogen-bond donors (Lipinski definition) is 1. The number of nitrogens with two attached hydrogens (primary N) is 1. The molecule has 19 heavy (non-hydrogen) atoms. The van der Waals surface area contributed by atoms with Crippen molar-refractivity contribution >= 4 is 15.9 Å². The molecule has 2 N–H and O–H groups in total. The zero-order valence-corrected chi connectivity index (χ0v) is 11.8. The second kappa shape index (κ2) is 7.72. The maximum absolute atomic E-state index is 11.8. The zero-order chi connectivity index (χ0) is 14.3. The number of rotatable bonds is 7. The highest BCUT2D eigenvalue weighted by molar-refractivity contribution is 9.10. The fourth-order valence-corrected chi connectivity index (χ4v) is 1.74. The molecule has 0 atom stereocenters. The first-order valence-corrected chi connectivity index (χ1v) is 6.47. The van der Waals surface area contributed by atoms with Gasteiger partial charge in [0, 0.05) is 17.4 Å². The molecule has 3 nitrogen and oxygen atoms in total. The Morgan fingerprint density at radius 3 is 2.58 bits per heavy atom. The van der Waals surface area contributed by atoms with Crippen LogP contribution in [0.4, 0.5) is 13.2 Å². The Labute approximate surface area is 118 Å². The topological polar surface area (TPSA) is 44.5 Å². The summed E-state index contributed by atoms with van der Waals surface area (Å²) < 4.78 is 46.1. The number of benzene rings is 1. The van der Waals surface area contributed by atoms with Gasteiger partial charge in [-0.05, 0) is 23.8 Å². The van der Waals surface area contributed by atoms with Crippen molar-refractivity contribution in [3.63, 3.8) is 0 Å². The van der Waals surface area contributed by atoms with E-state index >= 15 is 0 Å². The van der Waals surface area contributed by atoms with Crippen molar-refractivity contribution in [1.82, 2.24) is 0 Å². The van der Waals surface area contributed by atoms with Gasteiger partial charge in [-0.2, -0.15) is 13.2 Å². The predicted molar refractivity (Wildman–Crippen MR) is 69.0 cm³/mol. The summed E-state index contributed by atoms with van der Waals surface area (Å²) >= 11 is 3.35. The van der Waals surface area contributed by atoms with Gasteiger partial charge in [-0.1, -0.05) is 15.9 Å². The molecule has 0 heterocycles. The summed E-state index contributed by atoms with van der Waals surface area (Å²) in [6.07, 6.45) is -3.88. The molecule has 7 heteroatoms. The van der Waals surface area contributed by atoms with Crippen molar-refractivity contribution in [2.75, 3.05) is 19.8 Å². The van der Waals surface area contributed by atoms with Crippen LogP contribution < -0.4 is 10.5 Å². The van der Waals surface area contributed by atoms with E-state index in [4.69, 9.17) is 10.5 Å². The molecule has 1 aromatic carbocycles. The molecule has 0 saturated heterocycles. The van der Waals surface area contributed by atoms with Gasteiger partial charge in [0.05, 0.1) is 13.2 Å². The van der Waals surface area contributed by atoms with E-state index in [1.165, 1.54) is 0 Å². The molecule has 0 saturated carbocycles. The molecule has 0 amide bonds. The lowest BCUT2D eigenvalue weighted by Gasteiger charge is -2.10. The molecule has 0 aromatic heterocycles. The highest BCUT2D eigenvalue weighted by Gasteiger charge is 2.27. The molecule has 1 aromatic rings. The van der Waals surface area contributed by atoms with Gasteiger partial charge in [-0.15, -0.1) is 0 Å². The minimum absolute atomic E-state index is 0.0137. The molecule has 0 bridgehead atoms. The minimum Gasteiger partial charge on any atom is -0.493 e. The van der Waals surface area contributed by atoms with Gasteiger partial charge in [0.25, 0.3) is 0 Å². The summed E-state index contributed by atoms with van der Waals surface area (Å²) in [5, 5.41) is 0. The van der Waals surface area contributed by atoms with Crippen LogP contribution in [0.1, 0.15) is 12.0 Å². The van der Waals surface area contributed by atoms with Crippen LogP contribution >= 0.6 is 15.9 Å². The van der Waals surface area contributed by atoms with Crippen LogP contribution in [-0.4, -0.2) is 26.0 Å². The molecule has 0 radical (unpaired) electrons. The highest BCUT2D eigenvalue weighted by atomic mass is 79.9. The lowest BCUT2D eigenvalue weighted by molar-refractivity contribution is -0.174. The third-order valence-corrected chi connectivity index (χ3v) is 2.98. The van der Waals surface area contributed by atoms with Crippen molar-refractivity contribution in [2.24, 2.45) is 5.73 Å². The molecular weight excluding hydrogens is 327 g/mol. The van der Waals surface area contributed by atoms with Crippen LogP contribution in [0.5, 0.6) is 5.75 Å². The number of halogens is 4. The fourth-order valence-electron chi connectivity index (χ4n) is 1.34. The van der Waals surface area contributed by atoms with Gasteiger partial charge in [0.2, 0.25) is 0 Å². The first-order chi connectivity index (χ1) is 8.92. The lowest BCUT2D eigenvalue weighted by Crippen LogP contribution is -2.18. The quantitative estimate of drug-likeness (QED) is 0.774. The molecule has 1 rings (SSSR count). The van der Waals surface area contributed by atoms with E-state index in [1.54, 1.807) is 12.1 Å². The maximum Gasteiger partial charge on any atom is 0.411 e. The minimum atomic E-state index is -4.28. The fraction of sp³-hybridized carbons (Fsp3) is 0.500. The van der Waals surface area contributed by atoms with E-state index in [2.05, 4.69) is 20.7 Å². The van der Waals surface area contributed by atoms with Crippen LogP contribution in [0, 0.1) is 0 Å². The molecule has 108 valence electrons. The molecule has 0 aliphatic heterocycles. The van der Waals surface area contributed by atoms with E-state index in [1.807, 2.05) is 6.07 Å². The Bertz CT molecular complexity index is 399. The van der Waals surface area contributed by atoms with Gasteiger partial charge in [-0.25, -0.2) is 0 Å². The van der Waals surface area contributed by atoms with Crippen LogP contribution in [0.25, 0.3) is 0 Å². The average Bonchev–Trinajstić information content (AvgIpc) is 2.34. The largest absolute Gasteiger partial charge is 0.493 e. The first-order valence-electron chi connectivity index (χ1n) is 5.68. The normalized spacial score (nSPS) is 11.6. The van der Waals surface area contributed by atoms with Crippen LogP contribution in [-0.2, 0) is 11.3 Å². The Morgan fingerprint density at radius 2 is 1.95 bits per heavy atom. The van der Waals surface area contributed by atoms with Gasteiger partial charge in [0.1, 0.15) is 12.4 Å². The monoisotopic (exact) mass is 341 g/mol. The lowest BCUT2D eigenvalue weighted by atomic mass is 10.2. The van der Waals surface area contributed by atoms with Crippen molar-refractivity contribution in [3.05, 3.63) is 28.2 Å². The molecular formula is C12H15BrF3NO2. The summed E-state index contributed by atoms with van der Waals surface area (Å²) in [4.78, 5) is 0. The second-order valence-corrected chi connectivity index (χ2v) is 4.68. The Hall–Kier alpha value is -0.790. The Balaban J connectivity index is 2.23. The molecule has 0 aliphatic rings. The third kappa shape index (κ3) is 6.79. The molecule has 0 fully saturated rings. The summed E-state index contributed by atoms with van der Waals surface area (Å²) in [7, 11) is 0. The van der Waals surface area contributed by atoms with Crippen LogP contribution in [0.15, 0.2) is 22.7 Å². The van der Waals surface area contributed by atoms with Gasteiger partial charge in [0.15, 0.2) is 0 Å². The second-order valence-electron chi connectivity index (χ2n) is 3.83. The SMILES string of the molecule is NCc1cc(OCCCOCC(F)(F)F)ccc1Br. The van der Waals surface area contributed by atoms with Crippen molar-refractivity contribution in [1.29, 1.82) is 0 Å². The average molecular weight is 342 g/mol. The standard InChI is InChI=1S/C12H15BrF3NO2/c13-11-3-2-10(6-9(11)7-17)19-5-1-4-18-8-12(14,15)16/h2-3,6H,1,4-5,7-8,17H2. The Kier molecular flexibility index (Phi) is 6.60. The van der Waals surface area contributed by atoms with Crippen LogP contribution in [0.2, 0.25) is 0 Å². The molecule has 0 spiro atoms. The summed E-state index contributed by atoms with van der Waals surface area (Å²) in [5.74, 6) is 0.638. The van der Waals surface area contributed by atoms with E-state index in [-0.39, 0.29) is 6.61 Å². The predicted octanol–water partition coefficient (Wildman–Crippen LogP) is 3.26. The maximum atomic E-state index is 11.8. The van der Waals surface area contributed by atoms with Gasteiger partial charge < -0.3 is 15.2 Å². The van der Waals surface area contributed by atoms with Crippen LogP contribution in [0.3, 0.4) is 0 Å². The van der Waals surface area contributed by atoms with Crippen molar-refractivity contribution < 1.29 is 22.6 Å². The molecule has 0 unspecified atom stereocenters. The van der Waals surface area contributed by atoms with E-state index < -0.39 is 12.8 Å². The summed E-state index contributed by atoms with van der Waals surface area (Å²) in [6.45, 7) is -0.529. The van der Waals surface area contributed by atoms with E-state index in [0.29, 0.717) is 25.3 Å². The van der Waals surface area contributed by atoms with Crippen molar-refractivity contribution in [2.45, 2.75) is 19.1 Å². The van der Waals surface area contributed by atoms with Gasteiger partial charge >= 0.3 is 6.18 Å². The zero-order valence-electron chi connectivity index (χ0n) is 10.2. The molecule has 0 aliphatic carbocycles. The smallest absolute Gasteiger partial charge is 0.411 e. The van der Waals surface area contributed by atoms with Crippen molar-refractivity contribution in [3.8, 4) is 5.75 Å². The number of alkyl halides is 3. The number of ether oxygens (including phenoxy) is 2. The highest BCUT2D eigenvalue weighted by Crippen LogP contribution is 2.22. The van der Waals surface area contributed by atoms with E-state index in [9.17, 15) is 13.2 Å².